The molecule has 0 unspecified atom stereocenters. The Kier molecular flexibility index (Phi) is 5.41. The van der Waals surface area contributed by atoms with Gasteiger partial charge >= 0.3 is 0 Å². The Morgan fingerprint density at radius 3 is 2.56 bits per heavy atom. The molecule has 0 aliphatic heterocycles. The van der Waals surface area contributed by atoms with E-state index in [1.54, 1.807) is 0 Å². The maximum atomic E-state index is 4.36. The molecule has 4 heteroatoms. The zero-order valence-electron chi connectivity index (χ0n) is 9.98. The molecule has 90 valence electrons. The first kappa shape index (κ1) is 14.1. The van der Waals surface area contributed by atoms with E-state index in [0.29, 0.717) is 5.41 Å². The van der Waals surface area contributed by atoms with E-state index in [1.807, 2.05) is 12.3 Å². The molecule has 0 bridgehead atoms. The Balaban J connectivity index is 2.38. The van der Waals surface area contributed by atoms with E-state index in [1.165, 1.54) is 6.42 Å². The second-order valence-electron chi connectivity index (χ2n) is 5.07. The molecule has 0 aliphatic rings. The molecule has 0 atom stereocenters. The number of rotatable bonds is 4. The molecule has 0 amide bonds. The van der Waals surface area contributed by atoms with Crippen molar-refractivity contribution in [3.8, 4) is 0 Å². The summed E-state index contributed by atoms with van der Waals surface area (Å²) in [6.45, 7) is 8.59. The van der Waals surface area contributed by atoms with E-state index < -0.39 is 0 Å². The molecule has 0 fully saturated rings. The normalized spacial score (nSPS) is 11.8. The minimum atomic E-state index is 0.386. The van der Waals surface area contributed by atoms with Gasteiger partial charge in [0.1, 0.15) is 0 Å². The molecular formula is C12H18Br2N2. The molecule has 1 rings (SSSR count). The summed E-state index contributed by atoms with van der Waals surface area (Å²) in [5, 5.41) is 3.41. The lowest BCUT2D eigenvalue weighted by atomic mass is 9.92. The van der Waals surface area contributed by atoms with Crippen LogP contribution in [0.4, 0.5) is 0 Å². The zero-order valence-corrected chi connectivity index (χ0v) is 13.2. The number of pyridine rings is 1. The second kappa shape index (κ2) is 6.12. The van der Waals surface area contributed by atoms with Gasteiger partial charge in [-0.05, 0) is 56.3 Å². The maximum absolute atomic E-state index is 4.36. The van der Waals surface area contributed by atoms with E-state index in [4.69, 9.17) is 0 Å². The lowest BCUT2D eigenvalue weighted by Gasteiger charge is -2.18. The van der Waals surface area contributed by atoms with Crippen molar-refractivity contribution < 1.29 is 0 Å². The third-order valence-corrected chi connectivity index (χ3v) is 3.35. The molecular weight excluding hydrogens is 332 g/mol. The van der Waals surface area contributed by atoms with Gasteiger partial charge in [0.2, 0.25) is 0 Å². The van der Waals surface area contributed by atoms with Crippen LogP contribution in [-0.4, -0.2) is 11.5 Å². The van der Waals surface area contributed by atoms with Gasteiger partial charge in [0.25, 0.3) is 0 Å². The summed E-state index contributed by atoms with van der Waals surface area (Å²) in [5.41, 5.74) is 1.44. The lowest BCUT2D eigenvalue weighted by Crippen LogP contribution is -2.20. The van der Waals surface area contributed by atoms with Crippen LogP contribution < -0.4 is 5.32 Å². The Morgan fingerprint density at radius 2 is 2.00 bits per heavy atom. The first-order valence-electron chi connectivity index (χ1n) is 5.39. The minimum absolute atomic E-state index is 0.386. The fourth-order valence-electron chi connectivity index (χ4n) is 1.24. The van der Waals surface area contributed by atoms with Crippen molar-refractivity contribution in [3.63, 3.8) is 0 Å². The summed E-state index contributed by atoms with van der Waals surface area (Å²) in [4.78, 5) is 4.36. The van der Waals surface area contributed by atoms with Crippen molar-refractivity contribution in [2.24, 2.45) is 5.41 Å². The molecule has 1 N–H and O–H groups in total. The average molecular weight is 350 g/mol. The van der Waals surface area contributed by atoms with Gasteiger partial charge in [-0.1, -0.05) is 20.8 Å². The predicted octanol–water partition coefficient (Wildman–Crippen LogP) is 4.13. The van der Waals surface area contributed by atoms with Gasteiger partial charge in [-0.15, -0.1) is 0 Å². The molecule has 16 heavy (non-hydrogen) atoms. The van der Waals surface area contributed by atoms with Gasteiger partial charge in [-0.25, -0.2) is 0 Å². The van der Waals surface area contributed by atoms with E-state index in [9.17, 15) is 0 Å². The molecule has 0 saturated heterocycles. The maximum Gasteiger partial charge on any atom is 0.0684 e. The van der Waals surface area contributed by atoms with E-state index in [0.717, 1.165) is 27.7 Å². The smallest absolute Gasteiger partial charge is 0.0684 e. The van der Waals surface area contributed by atoms with Gasteiger partial charge < -0.3 is 5.32 Å². The Morgan fingerprint density at radius 1 is 1.31 bits per heavy atom. The van der Waals surface area contributed by atoms with Crippen molar-refractivity contribution in [1.29, 1.82) is 0 Å². The van der Waals surface area contributed by atoms with Crippen molar-refractivity contribution in [1.82, 2.24) is 10.3 Å². The monoisotopic (exact) mass is 348 g/mol. The SMILES string of the molecule is CC(C)(C)CCNCc1ncc(Br)cc1Br. The largest absolute Gasteiger partial charge is 0.311 e. The number of nitrogens with zero attached hydrogens (tertiary/aromatic N) is 1. The lowest BCUT2D eigenvalue weighted by molar-refractivity contribution is 0.366. The molecule has 2 nitrogen and oxygen atoms in total. The van der Waals surface area contributed by atoms with Crippen LogP contribution in [0.2, 0.25) is 0 Å². The van der Waals surface area contributed by atoms with Gasteiger partial charge in [0.05, 0.1) is 5.69 Å². The molecule has 1 aromatic heterocycles. The summed E-state index contributed by atoms with van der Waals surface area (Å²) >= 11 is 6.90. The highest BCUT2D eigenvalue weighted by molar-refractivity contribution is 9.11. The summed E-state index contributed by atoms with van der Waals surface area (Å²) in [6, 6.07) is 2.02. The first-order valence-corrected chi connectivity index (χ1v) is 6.98. The highest BCUT2D eigenvalue weighted by atomic mass is 79.9. The van der Waals surface area contributed by atoms with Crippen molar-refractivity contribution in [3.05, 3.63) is 26.9 Å². The summed E-state index contributed by atoms with van der Waals surface area (Å²) in [5.74, 6) is 0. The molecule has 0 saturated carbocycles. The second-order valence-corrected chi connectivity index (χ2v) is 6.84. The van der Waals surface area contributed by atoms with Gasteiger partial charge in [0, 0.05) is 21.7 Å². The standard InChI is InChI=1S/C12H18Br2N2/c1-12(2,3)4-5-15-8-11-10(14)6-9(13)7-16-11/h6-7,15H,4-5,8H2,1-3H3. The molecule has 0 aliphatic carbocycles. The third-order valence-electron chi connectivity index (χ3n) is 2.23. The van der Waals surface area contributed by atoms with Crippen LogP contribution in [0.5, 0.6) is 0 Å². The van der Waals surface area contributed by atoms with Crippen LogP contribution in [0.25, 0.3) is 0 Å². The molecule has 0 spiro atoms. The number of nitrogens with one attached hydrogen (secondary N) is 1. The van der Waals surface area contributed by atoms with E-state index >= 15 is 0 Å². The van der Waals surface area contributed by atoms with Gasteiger partial charge in [-0.3, -0.25) is 4.98 Å². The van der Waals surface area contributed by atoms with E-state index in [-0.39, 0.29) is 0 Å². The van der Waals surface area contributed by atoms with Crippen LogP contribution in [0.1, 0.15) is 32.9 Å². The van der Waals surface area contributed by atoms with Crippen LogP contribution in [0.15, 0.2) is 21.2 Å². The topological polar surface area (TPSA) is 24.9 Å². The minimum Gasteiger partial charge on any atom is -0.311 e. The summed E-state index contributed by atoms with van der Waals surface area (Å²) in [6.07, 6.45) is 2.99. The van der Waals surface area contributed by atoms with Crippen LogP contribution in [0.3, 0.4) is 0 Å². The third kappa shape index (κ3) is 5.41. The molecule has 1 aromatic rings. The summed E-state index contributed by atoms with van der Waals surface area (Å²) in [7, 11) is 0. The Hall–Kier alpha value is 0.0700. The first-order chi connectivity index (χ1) is 7.38. The molecule has 0 radical (unpaired) electrons. The fraction of sp³-hybridized carbons (Fsp3) is 0.583. The fourth-order valence-corrected chi connectivity index (χ4v) is 2.37. The van der Waals surface area contributed by atoms with Crippen molar-refractivity contribution in [2.45, 2.75) is 33.7 Å². The van der Waals surface area contributed by atoms with Crippen LogP contribution in [-0.2, 0) is 6.54 Å². The highest BCUT2D eigenvalue weighted by Crippen LogP contribution is 2.20. The van der Waals surface area contributed by atoms with Gasteiger partial charge in [-0.2, -0.15) is 0 Å². The number of hydrogen-bond donors (Lipinski definition) is 1. The van der Waals surface area contributed by atoms with Crippen molar-refractivity contribution in [2.75, 3.05) is 6.54 Å². The number of aromatic nitrogens is 1. The molecule has 0 aromatic carbocycles. The van der Waals surface area contributed by atoms with Crippen LogP contribution >= 0.6 is 31.9 Å². The summed E-state index contributed by atoms with van der Waals surface area (Å²) < 4.78 is 2.04. The Labute approximate surface area is 114 Å². The predicted molar refractivity (Wildman–Crippen MR) is 75.4 cm³/mol. The van der Waals surface area contributed by atoms with Crippen LogP contribution in [0, 0.1) is 5.41 Å². The highest BCUT2D eigenvalue weighted by Gasteiger charge is 2.09. The number of hydrogen-bond acceptors (Lipinski definition) is 2. The molecule has 1 heterocycles. The number of halogens is 2. The van der Waals surface area contributed by atoms with E-state index in [2.05, 4.69) is 62.9 Å². The average Bonchev–Trinajstić information content (AvgIpc) is 2.13. The quantitative estimate of drug-likeness (QED) is 0.826. The van der Waals surface area contributed by atoms with Gasteiger partial charge in [0.15, 0.2) is 0 Å². The zero-order chi connectivity index (χ0) is 12.2. The Bertz CT molecular complexity index is 345. The van der Waals surface area contributed by atoms with Crippen molar-refractivity contribution >= 4 is 31.9 Å².